The molecule has 0 bridgehead atoms. The normalized spacial score (nSPS) is 10.8. The van der Waals surface area contributed by atoms with E-state index in [1.165, 1.54) is 0 Å². The number of nitrogens with zero attached hydrogens (tertiary/aromatic N) is 1. The van der Waals surface area contributed by atoms with Crippen LogP contribution in [0.5, 0.6) is 5.75 Å². The minimum atomic E-state index is -0.237. The summed E-state index contributed by atoms with van der Waals surface area (Å²) in [6, 6.07) is 7.65. The minimum absolute atomic E-state index is 0.152. The fourth-order valence-electron chi connectivity index (χ4n) is 2.08. The topological polar surface area (TPSA) is 64.4 Å². The van der Waals surface area contributed by atoms with Crippen molar-refractivity contribution in [3.63, 3.8) is 0 Å². The number of hydrogen-bond donors (Lipinski definition) is 1. The van der Waals surface area contributed by atoms with Crippen LogP contribution in [-0.2, 0) is 6.54 Å². The lowest BCUT2D eigenvalue weighted by molar-refractivity contribution is 0.0944. The molecule has 1 aromatic carbocycles. The highest BCUT2D eigenvalue weighted by Crippen LogP contribution is 2.19. The smallest absolute Gasteiger partial charge is 0.273 e. The van der Waals surface area contributed by atoms with E-state index in [-0.39, 0.29) is 11.8 Å². The van der Waals surface area contributed by atoms with Crippen molar-refractivity contribution >= 4 is 5.91 Å². The Bertz CT molecular complexity index is 647. The summed E-state index contributed by atoms with van der Waals surface area (Å²) in [6.07, 6.45) is 0. The van der Waals surface area contributed by atoms with Crippen LogP contribution in [0.15, 0.2) is 28.7 Å². The average Bonchev–Trinajstić information content (AvgIpc) is 2.89. The zero-order chi connectivity index (χ0) is 16.1. The third-order valence-corrected chi connectivity index (χ3v) is 3.23. The van der Waals surface area contributed by atoms with Gasteiger partial charge in [-0.15, -0.1) is 0 Å². The first-order valence-electron chi connectivity index (χ1n) is 7.49. The number of oxazole rings is 1. The van der Waals surface area contributed by atoms with Gasteiger partial charge in [0.2, 0.25) is 0 Å². The van der Waals surface area contributed by atoms with Crippen molar-refractivity contribution < 1.29 is 13.9 Å². The third kappa shape index (κ3) is 3.67. The number of carbonyl (C=O) groups is 1. The molecule has 5 nitrogen and oxygen atoms in total. The highest BCUT2D eigenvalue weighted by atomic mass is 16.5. The molecule has 118 valence electrons. The molecule has 0 aliphatic rings. The highest BCUT2D eigenvalue weighted by molar-refractivity contribution is 5.93. The maximum absolute atomic E-state index is 12.3. The van der Waals surface area contributed by atoms with Crippen LogP contribution in [0.4, 0.5) is 0 Å². The van der Waals surface area contributed by atoms with Crippen molar-refractivity contribution in [3.05, 3.63) is 47.2 Å². The minimum Gasteiger partial charge on any atom is -0.494 e. The van der Waals surface area contributed by atoms with Gasteiger partial charge in [0.15, 0.2) is 11.6 Å². The monoisotopic (exact) mass is 302 g/mol. The predicted octanol–water partition coefficient (Wildman–Crippen LogP) is 3.44. The largest absolute Gasteiger partial charge is 0.494 e. The fourth-order valence-corrected chi connectivity index (χ4v) is 2.08. The Balaban J connectivity index is 2.07. The van der Waals surface area contributed by atoms with Crippen molar-refractivity contribution in [2.45, 2.75) is 40.2 Å². The Hall–Kier alpha value is -2.30. The molecule has 1 heterocycles. The summed E-state index contributed by atoms with van der Waals surface area (Å²) in [4.78, 5) is 16.5. The second-order valence-corrected chi connectivity index (χ2v) is 5.34. The van der Waals surface area contributed by atoms with E-state index >= 15 is 0 Å². The second kappa shape index (κ2) is 7.11. The number of ether oxygens (including phenoxy) is 1. The number of carbonyl (C=O) groups excluding carboxylic acids is 1. The molecule has 1 N–H and O–H groups in total. The van der Waals surface area contributed by atoms with Crippen LogP contribution in [0.2, 0.25) is 0 Å². The Morgan fingerprint density at radius 2 is 2.09 bits per heavy atom. The number of aryl methyl sites for hydroxylation is 1. The van der Waals surface area contributed by atoms with Gasteiger partial charge < -0.3 is 14.5 Å². The van der Waals surface area contributed by atoms with Gasteiger partial charge in [-0.1, -0.05) is 32.0 Å². The van der Waals surface area contributed by atoms with E-state index in [1.807, 2.05) is 45.0 Å². The summed E-state index contributed by atoms with van der Waals surface area (Å²) in [5, 5.41) is 2.87. The SMILES string of the molecule is CCOc1ccccc1CNC(=O)c1nc(C(C)C)oc1C. The number of nitrogens with one attached hydrogen (secondary N) is 1. The van der Waals surface area contributed by atoms with E-state index in [2.05, 4.69) is 10.3 Å². The van der Waals surface area contributed by atoms with Gasteiger partial charge in [0.25, 0.3) is 5.91 Å². The first-order valence-corrected chi connectivity index (χ1v) is 7.49. The number of benzene rings is 1. The standard InChI is InChI=1S/C17H22N2O3/c1-5-21-14-9-7-6-8-13(14)10-18-16(20)15-12(4)22-17(19-15)11(2)3/h6-9,11H,5,10H2,1-4H3,(H,18,20). The van der Waals surface area contributed by atoms with E-state index < -0.39 is 0 Å². The molecule has 0 unspecified atom stereocenters. The van der Waals surface area contributed by atoms with E-state index in [4.69, 9.17) is 9.15 Å². The van der Waals surface area contributed by atoms with E-state index in [9.17, 15) is 4.79 Å². The van der Waals surface area contributed by atoms with Gasteiger partial charge in [-0.2, -0.15) is 0 Å². The zero-order valence-electron chi connectivity index (χ0n) is 13.5. The van der Waals surface area contributed by atoms with Gasteiger partial charge >= 0.3 is 0 Å². The Morgan fingerprint density at radius 1 is 1.36 bits per heavy atom. The number of amides is 1. The van der Waals surface area contributed by atoms with Gasteiger partial charge in [-0.3, -0.25) is 4.79 Å². The van der Waals surface area contributed by atoms with Crippen LogP contribution >= 0.6 is 0 Å². The Kier molecular flexibility index (Phi) is 5.20. The maximum Gasteiger partial charge on any atom is 0.273 e. The summed E-state index contributed by atoms with van der Waals surface area (Å²) in [5.41, 5.74) is 1.28. The number of aromatic nitrogens is 1. The zero-order valence-corrected chi connectivity index (χ0v) is 13.5. The molecule has 5 heteroatoms. The molecule has 0 aliphatic heterocycles. The average molecular weight is 302 g/mol. The van der Waals surface area contributed by atoms with E-state index in [0.717, 1.165) is 11.3 Å². The number of hydrogen-bond acceptors (Lipinski definition) is 4. The molecular formula is C17H22N2O3. The lowest BCUT2D eigenvalue weighted by atomic mass is 10.2. The summed E-state index contributed by atoms with van der Waals surface area (Å²) in [6.45, 7) is 8.61. The van der Waals surface area contributed by atoms with Crippen LogP contribution in [0, 0.1) is 6.92 Å². The molecule has 0 aliphatic carbocycles. The third-order valence-electron chi connectivity index (χ3n) is 3.23. The molecule has 1 aromatic heterocycles. The maximum atomic E-state index is 12.3. The van der Waals surface area contributed by atoms with Crippen LogP contribution in [0.25, 0.3) is 0 Å². The summed E-state index contributed by atoms with van der Waals surface area (Å²) < 4.78 is 11.1. The van der Waals surface area contributed by atoms with Crippen molar-refractivity contribution in [2.75, 3.05) is 6.61 Å². The molecule has 0 radical (unpaired) electrons. The van der Waals surface area contributed by atoms with Crippen molar-refractivity contribution in [2.24, 2.45) is 0 Å². The fraction of sp³-hybridized carbons (Fsp3) is 0.412. The van der Waals surface area contributed by atoms with Gasteiger partial charge in [-0.05, 0) is 19.9 Å². The number of para-hydroxylation sites is 1. The van der Waals surface area contributed by atoms with Crippen molar-refractivity contribution in [1.29, 1.82) is 0 Å². The number of rotatable bonds is 6. The molecule has 0 saturated heterocycles. The first kappa shape index (κ1) is 16.1. The summed E-state index contributed by atoms with van der Waals surface area (Å²) in [5.74, 6) is 1.82. The molecule has 2 rings (SSSR count). The lowest BCUT2D eigenvalue weighted by Crippen LogP contribution is -2.24. The molecule has 0 saturated carbocycles. The van der Waals surface area contributed by atoms with Gasteiger partial charge in [0, 0.05) is 18.0 Å². The Labute approximate surface area is 130 Å². The Morgan fingerprint density at radius 3 is 2.73 bits per heavy atom. The first-order chi connectivity index (χ1) is 10.5. The highest BCUT2D eigenvalue weighted by Gasteiger charge is 2.18. The molecule has 0 atom stereocenters. The van der Waals surface area contributed by atoms with Crippen LogP contribution in [0.1, 0.15) is 54.4 Å². The summed E-state index contributed by atoms with van der Waals surface area (Å²) >= 11 is 0. The van der Waals surface area contributed by atoms with E-state index in [1.54, 1.807) is 6.92 Å². The van der Waals surface area contributed by atoms with Crippen LogP contribution < -0.4 is 10.1 Å². The molecule has 0 spiro atoms. The molecule has 1 amide bonds. The van der Waals surface area contributed by atoms with Crippen molar-refractivity contribution in [1.82, 2.24) is 10.3 Å². The quantitative estimate of drug-likeness (QED) is 0.888. The molecular weight excluding hydrogens is 280 g/mol. The second-order valence-electron chi connectivity index (χ2n) is 5.34. The predicted molar refractivity (Wildman–Crippen MR) is 84.1 cm³/mol. The molecule has 2 aromatic rings. The van der Waals surface area contributed by atoms with Gasteiger partial charge in [0.05, 0.1) is 6.61 Å². The summed E-state index contributed by atoms with van der Waals surface area (Å²) in [7, 11) is 0. The van der Waals surface area contributed by atoms with Gasteiger partial charge in [-0.25, -0.2) is 4.98 Å². The van der Waals surface area contributed by atoms with Crippen molar-refractivity contribution in [3.8, 4) is 5.75 Å². The van der Waals surface area contributed by atoms with E-state index in [0.29, 0.717) is 30.5 Å². The van der Waals surface area contributed by atoms with Gasteiger partial charge in [0.1, 0.15) is 11.5 Å². The molecule has 0 fully saturated rings. The van der Waals surface area contributed by atoms with Crippen LogP contribution in [0.3, 0.4) is 0 Å². The molecule has 22 heavy (non-hydrogen) atoms. The lowest BCUT2D eigenvalue weighted by Gasteiger charge is -2.10. The van der Waals surface area contributed by atoms with Crippen LogP contribution in [-0.4, -0.2) is 17.5 Å².